The van der Waals surface area contributed by atoms with Crippen molar-refractivity contribution in [2.24, 2.45) is 5.84 Å². The second-order valence-corrected chi connectivity index (χ2v) is 2.04. The lowest BCUT2D eigenvalue weighted by Crippen LogP contribution is -2.35. The van der Waals surface area contributed by atoms with Gasteiger partial charge in [-0.25, -0.2) is 15.6 Å². The van der Waals surface area contributed by atoms with Crippen molar-refractivity contribution in [1.29, 1.82) is 0 Å². The van der Waals surface area contributed by atoms with E-state index in [2.05, 4.69) is 4.74 Å². The zero-order valence-electron chi connectivity index (χ0n) is 5.92. The summed E-state index contributed by atoms with van der Waals surface area (Å²) in [5, 5.41) is 0.903. The Balaban J connectivity index is 3.51. The van der Waals surface area contributed by atoms with Crippen LogP contribution in [0.4, 0.5) is 4.79 Å². The molecule has 1 amide bonds. The van der Waals surface area contributed by atoms with Gasteiger partial charge < -0.3 is 4.74 Å². The van der Waals surface area contributed by atoms with Gasteiger partial charge in [0.05, 0.1) is 6.10 Å². The summed E-state index contributed by atoms with van der Waals surface area (Å²) in [5.74, 6) is 5.04. The average molecular weight is 132 g/mol. The molecule has 0 atom stereocenters. The Kier molecular flexibility index (Phi) is 3.01. The number of rotatable bonds is 1. The molecule has 0 rings (SSSR count). The van der Waals surface area contributed by atoms with Gasteiger partial charge in [0, 0.05) is 7.05 Å². The largest absolute Gasteiger partial charge is 0.446 e. The number of hydrogen-bond donors (Lipinski definition) is 1. The van der Waals surface area contributed by atoms with Crippen molar-refractivity contribution in [3.63, 3.8) is 0 Å². The van der Waals surface area contributed by atoms with Gasteiger partial charge in [0.25, 0.3) is 0 Å². The van der Waals surface area contributed by atoms with Gasteiger partial charge in [-0.15, -0.1) is 0 Å². The lowest BCUT2D eigenvalue weighted by molar-refractivity contribution is 0.0841. The summed E-state index contributed by atoms with van der Waals surface area (Å²) in [6, 6.07) is 0. The number of amides is 1. The lowest BCUT2D eigenvalue weighted by atomic mass is 10.5. The minimum absolute atomic E-state index is 0.108. The molecular formula is C5H12N2O2. The molecule has 0 heterocycles. The van der Waals surface area contributed by atoms with Crippen molar-refractivity contribution in [2.75, 3.05) is 7.05 Å². The molecule has 0 aromatic heterocycles. The molecule has 4 heteroatoms. The van der Waals surface area contributed by atoms with E-state index in [1.54, 1.807) is 13.8 Å². The SMILES string of the molecule is CC(C)OC(=O)N(C)N. The Morgan fingerprint density at radius 1 is 1.67 bits per heavy atom. The van der Waals surface area contributed by atoms with Crippen LogP contribution in [-0.2, 0) is 4.74 Å². The van der Waals surface area contributed by atoms with Crippen LogP contribution >= 0.6 is 0 Å². The van der Waals surface area contributed by atoms with Crippen molar-refractivity contribution in [3.8, 4) is 0 Å². The van der Waals surface area contributed by atoms with Crippen LogP contribution in [0.1, 0.15) is 13.8 Å². The summed E-state index contributed by atoms with van der Waals surface area (Å²) < 4.78 is 4.67. The van der Waals surface area contributed by atoms with Crippen molar-refractivity contribution >= 4 is 6.09 Å². The lowest BCUT2D eigenvalue weighted by Gasteiger charge is -2.12. The number of hydrogen-bond acceptors (Lipinski definition) is 3. The quantitative estimate of drug-likeness (QED) is 0.318. The molecule has 54 valence electrons. The third kappa shape index (κ3) is 3.78. The number of carbonyl (C=O) groups excluding carboxylic acids is 1. The van der Waals surface area contributed by atoms with Crippen LogP contribution in [0, 0.1) is 0 Å². The van der Waals surface area contributed by atoms with E-state index < -0.39 is 6.09 Å². The number of ether oxygens (including phenoxy) is 1. The summed E-state index contributed by atoms with van der Waals surface area (Å²) in [4.78, 5) is 10.5. The predicted molar refractivity (Wildman–Crippen MR) is 33.6 cm³/mol. The van der Waals surface area contributed by atoms with E-state index >= 15 is 0 Å². The van der Waals surface area contributed by atoms with Crippen LogP contribution in [0.3, 0.4) is 0 Å². The second kappa shape index (κ2) is 3.29. The molecule has 0 aromatic rings. The third-order valence-corrected chi connectivity index (χ3v) is 0.625. The van der Waals surface area contributed by atoms with Crippen LogP contribution in [-0.4, -0.2) is 24.3 Å². The molecule has 0 unspecified atom stereocenters. The van der Waals surface area contributed by atoms with E-state index in [9.17, 15) is 4.79 Å². The number of nitrogens with zero attached hydrogens (tertiary/aromatic N) is 1. The van der Waals surface area contributed by atoms with Crippen LogP contribution in [0.5, 0.6) is 0 Å². The molecule has 0 bridgehead atoms. The van der Waals surface area contributed by atoms with Gasteiger partial charge in [-0.2, -0.15) is 0 Å². The topological polar surface area (TPSA) is 55.6 Å². The standard InChI is InChI=1S/C5H12N2O2/c1-4(2)9-5(8)7(3)6/h4H,6H2,1-3H3. The average Bonchev–Trinajstić information content (AvgIpc) is 1.63. The van der Waals surface area contributed by atoms with E-state index in [0.29, 0.717) is 0 Å². The van der Waals surface area contributed by atoms with E-state index in [1.165, 1.54) is 7.05 Å². The number of carbonyl (C=O) groups is 1. The van der Waals surface area contributed by atoms with E-state index in [4.69, 9.17) is 5.84 Å². The Hall–Kier alpha value is -0.770. The second-order valence-electron chi connectivity index (χ2n) is 2.04. The fraction of sp³-hybridized carbons (Fsp3) is 0.800. The first-order chi connectivity index (χ1) is 4.04. The molecule has 0 aliphatic carbocycles. The van der Waals surface area contributed by atoms with Gasteiger partial charge in [0.2, 0.25) is 0 Å². The van der Waals surface area contributed by atoms with Gasteiger partial charge in [-0.3, -0.25) is 0 Å². The molecule has 2 N–H and O–H groups in total. The summed E-state index contributed by atoms with van der Waals surface area (Å²) in [6.45, 7) is 3.53. The fourth-order valence-electron chi connectivity index (χ4n) is 0.285. The predicted octanol–water partition coefficient (Wildman–Crippen LogP) is 0.337. The fourth-order valence-corrected chi connectivity index (χ4v) is 0.285. The summed E-state index contributed by atoms with van der Waals surface area (Å²) in [6.07, 6.45) is -0.617. The Morgan fingerprint density at radius 2 is 2.11 bits per heavy atom. The summed E-state index contributed by atoms with van der Waals surface area (Å²) in [5.41, 5.74) is 0. The van der Waals surface area contributed by atoms with Gasteiger partial charge in [-0.1, -0.05) is 0 Å². The highest BCUT2D eigenvalue weighted by molar-refractivity contribution is 5.66. The smallest absolute Gasteiger partial charge is 0.424 e. The minimum atomic E-state index is -0.509. The molecule has 9 heavy (non-hydrogen) atoms. The molecule has 0 aliphatic rings. The highest BCUT2D eigenvalue weighted by atomic mass is 16.6. The first kappa shape index (κ1) is 8.23. The maximum Gasteiger partial charge on any atom is 0.424 e. The van der Waals surface area contributed by atoms with E-state index in [-0.39, 0.29) is 6.10 Å². The third-order valence-electron chi connectivity index (χ3n) is 0.625. The summed E-state index contributed by atoms with van der Waals surface area (Å²) in [7, 11) is 1.44. The van der Waals surface area contributed by atoms with Crippen molar-refractivity contribution < 1.29 is 9.53 Å². The van der Waals surface area contributed by atoms with Crippen LogP contribution in [0.15, 0.2) is 0 Å². The highest BCUT2D eigenvalue weighted by Crippen LogP contribution is 1.90. The van der Waals surface area contributed by atoms with Crippen LogP contribution in [0.25, 0.3) is 0 Å². The van der Waals surface area contributed by atoms with Gasteiger partial charge in [0.15, 0.2) is 0 Å². The van der Waals surface area contributed by atoms with E-state index in [0.717, 1.165) is 5.01 Å². The molecule has 0 saturated heterocycles. The maximum atomic E-state index is 10.5. The zero-order valence-corrected chi connectivity index (χ0v) is 5.92. The van der Waals surface area contributed by atoms with Crippen molar-refractivity contribution in [2.45, 2.75) is 20.0 Å². The molecule has 4 nitrogen and oxygen atoms in total. The molecule has 0 radical (unpaired) electrons. The molecule has 0 saturated carbocycles. The van der Waals surface area contributed by atoms with Crippen LogP contribution < -0.4 is 5.84 Å². The normalized spacial score (nSPS) is 9.44. The highest BCUT2D eigenvalue weighted by Gasteiger charge is 2.05. The summed E-state index contributed by atoms with van der Waals surface area (Å²) >= 11 is 0. The van der Waals surface area contributed by atoms with E-state index in [1.807, 2.05) is 0 Å². The van der Waals surface area contributed by atoms with Gasteiger partial charge in [-0.05, 0) is 13.8 Å². The molecule has 0 aliphatic heterocycles. The van der Waals surface area contributed by atoms with Crippen molar-refractivity contribution in [1.82, 2.24) is 5.01 Å². The number of hydrazine groups is 1. The molecule has 0 aromatic carbocycles. The minimum Gasteiger partial charge on any atom is -0.446 e. The maximum absolute atomic E-state index is 10.5. The molecular weight excluding hydrogens is 120 g/mol. The van der Waals surface area contributed by atoms with Gasteiger partial charge in [0.1, 0.15) is 0 Å². The molecule has 0 spiro atoms. The Bertz CT molecular complexity index is 101. The number of nitrogens with two attached hydrogens (primary N) is 1. The first-order valence-corrected chi connectivity index (χ1v) is 2.73. The van der Waals surface area contributed by atoms with Crippen molar-refractivity contribution in [3.05, 3.63) is 0 Å². The zero-order chi connectivity index (χ0) is 7.44. The Labute approximate surface area is 54.5 Å². The Morgan fingerprint density at radius 3 is 2.22 bits per heavy atom. The molecule has 0 fully saturated rings. The monoisotopic (exact) mass is 132 g/mol. The van der Waals surface area contributed by atoms with Crippen LogP contribution in [0.2, 0.25) is 0 Å². The van der Waals surface area contributed by atoms with Gasteiger partial charge >= 0.3 is 6.09 Å². The first-order valence-electron chi connectivity index (χ1n) is 2.73.